The van der Waals surface area contributed by atoms with E-state index in [1.165, 1.54) is 23.5 Å². The molecule has 0 aliphatic carbocycles. The molecular weight excluding hydrogens is 241 g/mol. The maximum absolute atomic E-state index is 12.9. The largest absolute Gasteiger partial charge is 0.486 e. The summed E-state index contributed by atoms with van der Waals surface area (Å²) in [5, 5.41) is 2.74. The van der Waals surface area contributed by atoms with Crippen molar-refractivity contribution in [2.24, 2.45) is 0 Å². The standard InChI is InChI=1S/C12H10FNO2S/c1-8-7-17-12(14-8)6-16-11-3-2-10(13)4-9(11)5-15/h2-5,7H,6H2,1H3. The molecule has 5 heteroatoms. The second-order valence-electron chi connectivity index (χ2n) is 3.47. The molecule has 2 aromatic rings. The predicted octanol–water partition coefficient (Wildman–Crippen LogP) is 2.98. The SMILES string of the molecule is Cc1csc(COc2ccc(F)cc2C=O)n1. The van der Waals surface area contributed by atoms with Crippen molar-refractivity contribution in [3.05, 3.63) is 45.7 Å². The lowest BCUT2D eigenvalue weighted by molar-refractivity contribution is 0.111. The zero-order valence-electron chi connectivity index (χ0n) is 9.14. The first-order valence-electron chi connectivity index (χ1n) is 4.97. The summed E-state index contributed by atoms with van der Waals surface area (Å²) in [6, 6.07) is 3.85. The monoisotopic (exact) mass is 251 g/mol. The quantitative estimate of drug-likeness (QED) is 0.784. The van der Waals surface area contributed by atoms with E-state index < -0.39 is 5.82 Å². The van der Waals surface area contributed by atoms with Crippen molar-refractivity contribution in [2.45, 2.75) is 13.5 Å². The Morgan fingerprint density at radius 3 is 3.00 bits per heavy atom. The van der Waals surface area contributed by atoms with Crippen LogP contribution in [0, 0.1) is 12.7 Å². The van der Waals surface area contributed by atoms with E-state index in [2.05, 4.69) is 4.98 Å². The number of nitrogens with zero attached hydrogens (tertiary/aromatic N) is 1. The molecule has 0 aliphatic heterocycles. The van der Waals surface area contributed by atoms with Gasteiger partial charge < -0.3 is 4.74 Å². The van der Waals surface area contributed by atoms with Crippen LogP contribution in [0.15, 0.2) is 23.6 Å². The Labute approximate surface area is 102 Å². The average molecular weight is 251 g/mol. The van der Waals surface area contributed by atoms with E-state index in [0.717, 1.165) is 16.8 Å². The van der Waals surface area contributed by atoms with Crippen LogP contribution < -0.4 is 4.74 Å². The van der Waals surface area contributed by atoms with E-state index in [4.69, 9.17) is 4.74 Å². The smallest absolute Gasteiger partial charge is 0.153 e. The van der Waals surface area contributed by atoms with Gasteiger partial charge in [-0.05, 0) is 25.1 Å². The molecule has 0 spiro atoms. The van der Waals surface area contributed by atoms with Crippen LogP contribution >= 0.6 is 11.3 Å². The first kappa shape index (κ1) is 11.7. The second-order valence-corrected chi connectivity index (χ2v) is 4.41. The molecule has 0 fully saturated rings. The number of thiazole rings is 1. The zero-order valence-corrected chi connectivity index (χ0v) is 9.96. The maximum Gasteiger partial charge on any atom is 0.153 e. The van der Waals surface area contributed by atoms with Gasteiger partial charge in [0.2, 0.25) is 0 Å². The van der Waals surface area contributed by atoms with Crippen LogP contribution in [0.5, 0.6) is 5.75 Å². The molecule has 1 aromatic heterocycles. The highest BCUT2D eigenvalue weighted by atomic mass is 32.1. The number of aldehydes is 1. The second kappa shape index (κ2) is 5.05. The molecule has 0 saturated carbocycles. The molecule has 1 aromatic carbocycles. The number of carbonyl (C=O) groups excluding carboxylic acids is 1. The van der Waals surface area contributed by atoms with Crippen LogP contribution in [0.25, 0.3) is 0 Å². The topological polar surface area (TPSA) is 39.2 Å². The van der Waals surface area contributed by atoms with Crippen LogP contribution in [0.1, 0.15) is 21.1 Å². The fourth-order valence-corrected chi connectivity index (χ4v) is 2.03. The van der Waals surface area contributed by atoms with Gasteiger partial charge in [0, 0.05) is 11.1 Å². The minimum Gasteiger partial charge on any atom is -0.486 e. The molecule has 1 heterocycles. The third-order valence-electron chi connectivity index (χ3n) is 2.12. The Kier molecular flexibility index (Phi) is 3.49. The number of aryl methyl sites for hydroxylation is 1. The Bertz CT molecular complexity index is 539. The van der Waals surface area contributed by atoms with Crippen molar-refractivity contribution in [3.8, 4) is 5.75 Å². The van der Waals surface area contributed by atoms with Crippen LogP contribution in [0.2, 0.25) is 0 Å². The number of benzene rings is 1. The van der Waals surface area contributed by atoms with Gasteiger partial charge in [-0.25, -0.2) is 9.37 Å². The van der Waals surface area contributed by atoms with Crippen molar-refractivity contribution in [1.82, 2.24) is 4.98 Å². The first-order valence-corrected chi connectivity index (χ1v) is 5.85. The third kappa shape index (κ3) is 2.88. The summed E-state index contributed by atoms with van der Waals surface area (Å²) in [4.78, 5) is 15.0. The van der Waals surface area contributed by atoms with Crippen molar-refractivity contribution in [3.63, 3.8) is 0 Å². The average Bonchev–Trinajstić information content (AvgIpc) is 2.73. The minimum absolute atomic E-state index is 0.207. The van der Waals surface area contributed by atoms with Gasteiger partial charge >= 0.3 is 0 Å². The van der Waals surface area contributed by atoms with Crippen LogP contribution in [0.4, 0.5) is 4.39 Å². The van der Waals surface area contributed by atoms with Crippen LogP contribution in [-0.2, 0) is 6.61 Å². The Morgan fingerprint density at radius 2 is 2.35 bits per heavy atom. The van der Waals surface area contributed by atoms with Crippen molar-refractivity contribution < 1.29 is 13.9 Å². The van der Waals surface area contributed by atoms with Crippen LogP contribution in [-0.4, -0.2) is 11.3 Å². The summed E-state index contributed by atoms with van der Waals surface area (Å²) in [6.07, 6.45) is 0.575. The number of hydrogen-bond donors (Lipinski definition) is 0. The highest BCUT2D eigenvalue weighted by molar-refractivity contribution is 7.09. The summed E-state index contributed by atoms with van der Waals surface area (Å²) in [7, 11) is 0. The highest BCUT2D eigenvalue weighted by Gasteiger charge is 2.06. The zero-order chi connectivity index (χ0) is 12.3. The summed E-state index contributed by atoms with van der Waals surface area (Å²) < 4.78 is 18.3. The number of halogens is 1. The molecule has 0 atom stereocenters. The van der Waals surface area contributed by atoms with Gasteiger partial charge in [-0.2, -0.15) is 0 Å². The van der Waals surface area contributed by atoms with Gasteiger partial charge in [0.1, 0.15) is 23.2 Å². The van der Waals surface area contributed by atoms with Gasteiger partial charge in [-0.3, -0.25) is 4.79 Å². The predicted molar refractivity (Wildman–Crippen MR) is 63.0 cm³/mol. The lowest BCUT2D eigenvalue weighted by atomic mass is 10.2. The highest BCUT2D eigenvalue weighted by Crippen LogP contribution is 2.20. The van der Waals surface area contributed by atoms with Crippen molar-refractivity contribution >= 4 is 17.6 Å². The molecule has 0 radical (unpaired) electrons. The number of hydrogen-bond acceptors (Lipinski definition) is 4. The molecule has 0 aliphatic rings. The summed E-state index contributed by atoms with van der Waals surface area (Å²) in [5.74, 6) is -0.0844. The van der Waals surface area contributed by atoms with Gasteiger partial charge in [-0.15, -0.1) is 11.3 Å². The summed E-state index contributed by atoms with van der Waals surface area (Å²) in [6.45, 7) is 2.18. The summed E-state index contributed by atoms with van der Waals surface area (Å²) in [5.41, 5.74) is 1.14. The molecule has 0 unspecified atom stereocenters. The lowest BCUT2D eigenvalue weighted by Crippen LogP contribution is -1.98. The molecule has 88 valence electrons. The van der Waals surface area contributed by atoms with E-state index in [0.29, 0.717) is 12.0 Å². The fourth-order valence-electron chi connectivity index (χ4n) is 1.35. The minimum atomic E-state index is -0.454. The molecule has 2 rings (SSSR count). The first-order chi connectivity index (χ1) is 8.19. The molecular formula is C12H10FNO2S. The van der Waals surface area contributed by atoms with Gasteiger partial charge in [0.05, 0.1) is 5.56 Å². The van der Waals surface area contributed by atoms with E-state index >= 15 is 0 Å². The molecule has 0 saturated heterocycles. The molecule has 0 bridgehead atoms. The van der Waals surface area contributed by atoms with Crippen molar-refractivity contribution in [2.75, 3.05) is 0 Å². The van der Waals surface area contributed by atoms with E-state index in [-0.39, 0.29) is 12.2 Å². The Morgan fingerprint density at radius 1 is 1.53 bits per heavy atom. The molecule has 0 N–H and O–H groups in total. The molecule has 17 heavy (non-hydrogen) atoms. The fraction of sp³-hybridized carbons (Fsp3) is 0.167. The number of rotatable bonds is 4. The van der Waals surface area contributed by atoms with Gasteiger partial charge in [0.15, 0.2) is 6.29 Å². The number of carbonyl (C=O) groups is 1. The van der Waals surface area contributed by atoms with E-state index in [1.807, 2.05) is 12.3 Å². The van der Waals surface area contributed by atoms with Gasteiger partial charge in [0.25, 0.3) is 0 Å². The van der Waals surface area contributed by atoms with E-state index in [1.54, 1.807) is 0 Å². The van der Waals surface area contributed by atoms with E-state index in [9.17, 15) is 9.18 Å². The van der Waals surface area contributed by atoms with Crippen LogP contribution in [0.3, 0.4) is 0 Å². The third-order valence-corrected chi connectivity index (χ3v) is 3.06. The normalized spacial score (nSPS) is 10.2. The lowest BCUT2D eigenvalue weighted by Gasteiger charge is -2.06. The number of aromatic nitrogens is 1. The Hall–Kier alpha value is -1.75. The number of ether oxygens (including phenoxy) is 1. The summed E-state index contributed by atoms with van der Waals surface area (Å²) >= 11 is 1.49. The molecule has 0 amide bonds. The maximum atomic E-state index is 12.9. The Balaban J connectivity index is 2.11. The molecule has 3 nitrogen and oxygen atoms in total. The van der Waals surface area contributed by atoms with Gasteiger partial charge in [-0.1, -0.05) is 0 Å². The van der Waals surface area contributed by atoms with Crippen molar-refractivity contribution in [1.29, 1.82) is 0 Å².